The molecule has 0 saturated carbocycles. The summed E-state index contributed by atoms with van der Waals surface area (Å²) in [6.45, 7) is 3.20. The standard InChI is InChI=1S/C8H9N3O2/c1-8(2,4-9)11-7(12)6-3-10-5-13-6/h3,5H,1-2H3,(H,11,12). The molecular formula is C8H9N3O2. The molecule has 0 saturated heterocycles. The van der Waals surface area contributed by atoms with E-state index in [4.69, 9.17) is 9.68 Å². The first kappa shape index (κ1) is 9.26. The minimum absolute atomic E-state index is 0.100. The average molecular weight is 179 g/mol. The Labute approximate surface area is 75.4 Å². The summed E-state index contributed by atoms with van der Waals surface area (Å²) in [5.41, 5.74) is -0.899. The largest absolute Gasteiger partial charge is 0.438 e. The van der Waals surface area contributed by atoms with E-state index in [1.807, 2.05) is 6.07 Å². The summed E-state index contributed by atoms with van der Waals surface area (Å²) in [4.78, 5) is 14.9. The Morgan fingerprint density at radius 1 is 1.77 bits per heavy atom. The fraction of sp³-hybridized carbons (Fsp3) is 0.375. The maximum atomic E-state index is 11.3. The molecule has 1 amide bonds. The first-order valence-electron chi connectivity index (χ1n) is 3.67. The SMILES string of the molecule is CC(C)(C#N)NC(=O)c1cnco1. The molecule has 0 radical (unpaired) electrons. The minimum atomic E-state index is -0.899. The molecular weight excluding hydrogens is 170 g/mol. The van der Waals surface area contributed by atoms with Crippen LogP contribution in [0.15, 0.2) is 17.0 Å². The lowest BCUT2D eigenvalue weighted by molar-refractivity contribution is 0.0901. The van der Waals surface area contributed by atoms with Crippen LogP contribution in [0, 0.1) is 11.3 Å². The van der Waals surface area contributed by atoms with E-state index in [9.17, 15) is 4.79 Å². The Morgan fingerprint density at radius 3 is 2.92 bits per heavy atom. The molecule has 5 nitrogen and oxygen atoms in total. The van der Waals surface area contributed by atoms with Crippen LogP contribution in [0.2, 0.25) is 0 Å². The minimum Gasteiger partial charge on any atom is -0.438 e. The normalized spacial score (nSPS) is 10.5. The van der Waals surface area contributed by atoms with Crippen LogP contribution in [0.25, 0.3) is 0 Å². The zero-order valence-electron chi connectivity index (χ0n) is 7.37. The molecule has 0 bridgehead atoms. The smallest absolute Gasteiger partial charge is 0.289 e. The van der Waals surface area contributed by atoms with Crippen LogP contribution in [-0.4, -0.2) is 16.4 Å². The molecule has 0 fully saturated rings. The van der Waals surface area contributed by atoms with Gasteiger partial charge in [-0.05, 0) is 13.8 Å². The maximum absolute atomic E-state index is 11.3. The van der Waals surface area contributed by atoms with Gasteiger partial charge in [0.1, 0.15) is 5.54 Å². The lowest BCUT2D eigenvalue weighted by atomic mass is 10.1. The Bertz CT molecular complexity index is 335. The molecule has 13 heavy (non-hydrogen) atoms. The van der Waals surface area contributed by atoms with E-state index in [-0.39, 0.29) is 5.76 Å². The van der Waals surface area contributed by atoms with Crippen molar-refractivity contribution in [1.29, 1.82) is 5.26 Å². The summed E-state index contributed by atoms with van der Waals surface area (Å²) in [6.07, 6.45) is 2.46. The molecule has 1 N–H and O–H groups in total. The number of rotatable bonds is 2. The highest BCUT2D eigenvalue weighted by Crippen LogP contribution is 2.03. The van der Waals surface area contributed by atoms with Crippen LogP contribution in [0.4, 0.5) is 0 Å². The van der Waals surface area contributed by atoms with E-state index >= 15 is 0 Å². The Balaban J connectivity index is 2.68. The lowest BCUT2D eigenvalue weighted by Gasteiger charge is -2.15. The summed E-state index contributed by atoms with van der Waals surface area (Å²) in [5.74, 6) is -0.340. The number of nitrogens with one attached hydrogen (secondary N) is 1. The van der Waals surface area contributed by atoms with Crippen molar-refractivity contribution in [2.24, 2.45) is 0 Å². The van der Waals surface area contributed by atoms with Crippen molar-refractivity contribution in [1.82, 2.24) is 10.3 Å². The van der Waals surface area contributed by atoms with E-state index in [1.54, 1.807) is 13.8 Å². The summed E-state index contributed by atoms with van der Waals surface area (Å²) in [6, 6.07) is 1.94. The third kappa shape index (κ3) is 2.30. The number of carbonyl (C=O) groups is 1. The quantitative estimate of drug-likeness (QED) is 0.724. The molecule has 0 spiro atoms. The summed E-state index contributed by atoms with van der Waals surface area (Å²) >= 11 is 0. The highest BCUT2D eigenvalue weighted by Gasteiger charge is 2.21. The molecule has 5 heteroatoms. The molecule has 0 unspecified atom stereocenters. The lowest BCUT2D eigenvalue weighted by Crippen LogP contribution is -2.41. The van der Waals surface area contributed by atoms with Gasteiger partial charge in [0.2, 0.25) is 5.76 Å². The number of nitrogens with zero attached hydrogens (tertiary/aromatic N) is 2. The fourth-order valence-corrected chi connectivity index (χ4v) is 0.701. The molecule has 1 aromatic heterocycles. The molecule has 1 aromatic rings. The number of aromatic nitrogens is 1. The van der Waals surface area contributed by atoms with Crippen molar-refractivity contribution < 1.29 is 9.21 Å². The topological polar surface area (TPSA) is 78.9 Å². The van der Waals surface area contributed by atoms with E-state index in [0.717, 1.165) is 6.39 Å². The number of amides is 1. The van der Waals surface area contributed by atoms with Crippen molar-refractivity contribution in [3.8, 4) is 6.07 Å². The van der Waals surface area contributed by atoms with Gasteiger partial charge in [0, 0.05) is 0 Å². The molecule has 1 heterocycles. The second kappa shape index (κ2) is 3.27. The number of oxazole rings is 1. The first-order chi connectivity index (χ1) is 6.05. The van der Waals surface area contributed by atoms with Crippen LogP contribution >= 0.6 is 0 Å². The predicted octanol–water partition coefficient (Wildman–Crippen LogP) is 0.707. The molecule has 0 aliphatic rings. The van der Waals surface area contributed by atoms with Crippen molar-refractivity contribution in [2.45, 2.75) is 19.4 Å². The van der Waals surface area contributed by atoms with Gasteiger partial charge in [-0.2, -0.15) is 5.26 Å². The van der Waals surface area contributed by atoms with E-state index < -0.39 is 11.4 Å². The third-order valence-electron chi connectivity index (χ3n) is 1.36. The number of hydrogen-bond acceptors (Lipinski definition) is 4. The predicted molar refractivity (Wildman–Crippen MR) is 43.7 cm³/mol. The Kier molecular flexibility index (Phi) is 2.33. The van der Waals surface area contributed by atoms with Gasteiger partial charge in [-0.25, -0.2) is 4.98 Å². The molecule has 1 rings (SSSR count). The fourth-order valence-electron chi connectivity index (χ4n) is 0.701. The first-order valence-corrected chi connectivity index (χ1v) is 3.67. The van der Waals surface area contributed by atoms with Gasteiger partial charge in [-0.1, -0.05) is 0 Å². The van der Waals surface area contributed by atoms with Crippen LogP contribution in [0.5, 0.6) is 0 Å². The second-order valence-corrected chi connectivity index (χ2v) is 3.06. The van der Waals surface area contributed by atoms with Gasteiger partial charge in [-0.15, -0.1) is 0 Å². The number of nitriles is 1. The van der Waals surface area contributed by atoms with Gasteiger partial charge < -0.3 is 9.73 Å². The highest BCUT2D eigenvalue weighted by atomic mass is 16.3. The molecule has 68 valence electrons. The maximum Gasteiger partial charge on any atom is 0.289 e. The second-order valence-electron chi connectivity index (χ2n) is 3.06. The zero-order chi connectivity index (χ0) is 9.90. The van der Waals surface area contributed by atoms with Crippen molar-refractivity contribution in [2.75, 3.05) is 0 Å². The van der Waals surface area contributed by atoms with E-state index in [0.29, 0.717) is 0 Å². The molecule has 0 aromatic carbocycles. The summed E-state index contributed by atoms with van der Waals surface area (Å²) in [5, 5.41) is 11.1. The van der Waals surface area contributed by atoms with Gasteiger partial charge in [0.05, 0.1) is 12.3 Å². The number of hydrogen-bond donors (Lipinski definition) is 1. The summed E-state index contributed by atoms with van der Waals surface area (Å²) < 4.78 is 4.75. The average Bonchev–Trinajstić information content (AvgIpc) is 2.55. The van der Waals surface area contributed by atoms with E-state index in [2.05, 4.69) is 10.3 Å². The van der Waals surface area contributed by atoms with Gasteiger partial charge in [-0.3, -0.25) is 4.79 Å². The Morgan fingerprint density at radius 2 is 2.46 bits per heavy atom. The van der Waals surface area contributed by atoms with Gasteiger partial charge in [0.15, 0.2) is 6.39 Å². The summed E-state index contributed by atoms with van der Waals surface area (Å²) in [7, 11) is 0. The van der Waals surface area contributed by atoms with Crippen LogP contribution in [0.3, 0.4) is 0 Å². The monoisotopic (exact) mass is 179 g/mol. The zero-order valence-corrected chi connectivity index (χ0v) is 7.37. The van der Waals surface area contributed by atoms with Crippen molar-refractivity contribution in [3.05, 3.63) is 18.4 Å². The molecule has 0 aliphatic heterocycles. The van der Waals surface area contributed by atoms with Crippen LogP contribution < -0.4 is 5.32 Å². The highest BCUT2D eigenvalue weighted by molar-refractivity contribution is 5.91. The molecule has 0 atom stereocenters. The Hall–Kier alpha value is -1.83. The number of carbonyl (C=O) groups excluding carboxylic acids is 1. The van der Waals surface area contributed by atoms with Crippen LogP contribution in [-0.2, 0) is 0 Å². The van der Waals surface area contributed by atoms with Crippen molar-refractivity contribution in [3.63, 3.8) is 0 Å². The molecule has 0 aliphatic carbocycles. The third-order valence-corrected chi connectivity index (χ3v) is 1.36. The van der Waals surface area contributed by atoms with Crippen LogP contribution in [0.1, 0.15) is 24.4 Å². The van der Waals surface area contributed by atoms with E-state index in [1.165, 1.54) is 6.20 Å². The van der Waals surface area contributed by atoms with Gasteiger partial charge >= 0.3 is 0 Å². The van der Waals surface area contributed by atoms with Crippen molar-refractivity contribution >= 4 is 5.91 Å². The van der Waals surface area contributed by atoms with Gasteiger partial charge in [0.25, 0.3) is 5.91 Å².